The van der Waals surface area contributed by atoms with E-state index in [2.05, 4.69) is 22.5 Å². The van der Waals surface area contributed by atoms with Crippen LogP contribution in [-0.4, -0.2) is 40.8 Å². The highest BCUT2D eigenvalue weighted by Crippen LogP contribution is 2.43. The number of guanidine groups is 1. The number of nitrogens with zero attached hydrogens (tertiary/aromatic N) is 1. The molecule has 0 aromatic rings. The number of hydrogen-bond acceptors (Lipinski definition) is 2. The Morgan fingerprint density at radius 3 is 2.75 bits per heavy atom. The maximum atomic E-state index is 12.0. The third-order valence-electron chi connectivity index (χ3n) is 4.63. The van der Waals surface area contributed by atoms with E-state index in [0.717, 1.165) is 37.5 Å². The molecule has 0 amide bonds. The molecule has 0 aromatic carbocycles. The molecule has 2 rings (SSSR count). The monoisotopic (exact) mass is 299 g/mol. The van der Waals surface area contributed by atoms with Gasteiger partial charge in [0.1, 0.15) is 0 Å². The second-order valence-electron chi connectivity index (χ2n) is 6.54. The van der Waals surface area contributed by atoms with Gasteiger partial charge in [0, 0.05) is 41.4 Å². The lowest BCUT2D eigenvalue weighted by Gasteiger charge is -2.30. The molecule has 2 aliphatic rings. The standard InChI is InChI=1S/C15H29N3OS/c1-4-20(19)13-7-5-6-12(10-13)18-14(16-3)17-11-15(2)8-9-15/h12-13H,4-11H2,1-3H3,(H2,16,17,18). The fourth-order valence-corrected chi connectivity index (χ4v) is 4.17. The predicted molar refractivity (Wildman–Crippen MR) is 86.6 cm³/mol. The summed E-state index contributed by atoms with van der Waals surface area (Å²) in [5.74, 6) is 1.69. The van der Waals surface area contributed by atoms with E-state index in [1.165, 1.54) is 19.3 Å². The van der Waals surface area contributed by atoms with Gasteiger partial charge in [0.25, 0.3) is 0 Å². The van der Waals surface area contributed by atoms with Gasteiger partial charge in [0.05, 0.1) is 0 Å². The molecule has 3 atom stereocenters. The third kappa shape index (κ3) is 4.47. The van der Waals surface area contributed by atoms with Crippen molar-refractivity contribution in [3.05, 3.63) is 0 Å². The molecule has 3 unspecified atom stereocenters. The van der Waals surface area contributed by atoms with Gasteiger partial charge in [-0.2, -0.15) is 0 Å². The Bertz CT molecular complexity index is 379. The van der Waals surface area contributed by atoms with Gasteiger partial charge in [0.2, 0.25) is 0 Å². The molecule has 2 aliphatic carbocycles. The second kappa shape index (κ2) is 6.92. The highest BCUT2D eigenvalue weighted by molar-refractivity contribution is 7.85. The Labute approximate surface area is 125 Å². The van der Waals surface area contributed by atoms with Gasteiger partial charge in [-0.25, -0.2) is 0 Å². The quantitative estimate of drug-likeness (QED) is 0.603. The zero-order valence-electron chi connectivity index (χ0n) is 13.1. The molecule has 4 nitrogen and oxygen atoms in total. The summed E-state index contributed by atoms with van der Waals surface area (Å²) in [7, 11) is 1.17. The van der Waals surface area contributed by atoms with E-state index in [4.69, 9.17) is 0 Å². The second-order valence-corrected chi connectivity index (χ2v) is 8.54. The van der Waals surface area contributed by atoms with E-state index in [1.54, 1.807) is 0 Å². The van der Waals surface area contributed by atoms with Crippen LogP contribution in [0.25, 0.3) is 0 Å². The molecule has 0 radical (unpaired) electrons. The van der Waals surface area contributed by atoms with Crippen molar-refractivity contribution in [2.45, 2.75) is 63.7 Å². The average molecular weight is 299 g/mol. The summed E-state index contributed by atoms with van der Waals surface area (Å²) in [6.07, 6.45) is 7.09. The van der Waals surface area contributed by atoms with Crippen molar-refractivity contribution in [3.63, 3.8) is 0 Å². The van der Waals surface area contributed by atoms with Gasteiger partial charge in [-0.1, -0.05) is 20.3 Å². The molecule has 5 heteroatoms. The van der Waals surface area contributed by atoms with Crippen LogP contribution < -0.4 is 10.6 Å². The van der Waals surface area contributed by atoms with Crippen LogP contribution in [-0.2, 0) is 10.8 Å². The first-order chi connectivity index (χ1) is 9.56. The SMILES string of the molecule is CCS(=O)C1CCCC(NC(=NC)NCC2(C)CC2)C1. The zero-order valence-corrected chi connectivity index (χ0v) is 13.9. The minimum absolute atomic E-state index is 0.366. The molecule has 2 saturated carbocycles. The minimum atomic E-state index is -0.659. The van der Waals surface area contributed by atoms with E-state index in [9.17, 15) is 4.21 Å². The summed E-state index contributed by atoms with van der Waals surface area (Å²) in [4.78, 5) is 4.32. The van der Waals surface area contributed by atoms with Crippen LogP contribution in [0.4, 0.5) is 0 Å². The lowest BCUT2D eigenvalue weighted by atomic mass is 9.95. The summed E-state index contributed by atoms with van der Waals surface area (Å²) < 4.78 is 12.0. The van der Waals surface area contributed by atoms with Gasteiger partial charge < -0.3 is 10.6 Å². The average Bonchev–Trinajstić information content (AvgIpc) is 3.21. The highest BCUT2D eigenvalue weighted by atomic mass is 32.2. The maximum absolute atomic E-state index is 12.0. The van der Waals surface area contributed by atoms with Crippen molar-refractivity contribution in [1.82, 2.24) is 10.6 Å². The minimum Gasteiger partial charge on any atom is -0.356 e. The van der Waals surface area contributed by atoms with Crippen molar-refractivity contribution in [3.8, 4) is 0 Å². The largest absolute Gasteiger partial charge is 0.356 e. The fraction of sp³-hybridized carbons (Fsp3) is 0.933. The van der Waals surface area contributed by atoms with E-state index in [0.29, 0.717) is 16.7 Å². The molecule has 0 saturated heterocycles. The van der Waals surface area contributed by atoms with Gasteiger partial charge in [-0.3, -0.25) is 9.20 Å². The molecule has 0 aromatic heterocycles. The van der Waals surface area contributed by atoms with Crippen LogP contribution in [0.5, 0.6) is 0 Å². The topological polar surface area (TPSA) is 53.5 Å². The summed E-state index contributed by atoms with van der Waals surface area (Å²) in [5.41, 5.74) is 0.483. The molecule has 20 heavy (non-hydrogen) atoms. The number of aliphatic imine (C=N–C) groups is 1. The van der Waals surface area contributed by atoms with Crippen molar-refractivity contribution in [2.75, 3.05) is 19.3 Å². The van der Waals surface area contributed by atoms with Crippen LogP contribution >= 0.6 is 0 Å². The number of nitrogens with one attached hydrogen (secondary N) is 2. The first kappa shape index (κ1) is 15.8. The summed E-state index contributed by atoms with van der Waals surface area (Å²) >= 11 is 0. The molecule has 0 heterocycles. The molecule has 0 bridgehead atoms. The molecular weight excluding hydrogens is 270 g/mol. The molecule has 2 fully saturated rings. The van der Waals surface area contributed by atoms with Gasteiger partial charge in [-0.15, -0.1) is 0 Å². The lowest BCUT2D eigenvalue weighted by Crippen LogP contribution is -2.47. The molecule has 0 aliphatic heterocycles. The smallest absolute Gasteiger partial charge is 0.191 e. The Kier molecular flexibility index (Phi) is 5.47. The Morgan fingerprint density at radius 2 is 2.15 bits per heavy atom. The predicted octanol–water partition coefficient (Wildman–Crippen LogP) is 2.03. The first-order valence-electron chi connectivity index (χ1n) is 7.90. The maximum Gasteiger partial charge on any atom is 0.191 e. The third-order valence-corrected chi connectivity index (χ3v) is 6.37. The van der Waals surface area contributed by atoms with Gasteiger partial charge >= 0.3 is 0 Å². The fourth-order valence-electron chi connectivity index (χ4n) is 2.83. The summed E-state index contributed by atoms with van der Waals surface area (Å²) in [5, 5.41) is 7.33. The highest BCUT2D eigenvalue weighted by Gasteiger charge is 2.37. The normalized spacial score (nSPS) is 30.6. The van der Waals surface area contributed by atoms with Crippen LogP contribution in [0, 0.1) is 5.41 Å². The van der Waals surface area contributed by atoms with Crippen LogP contribution in [0.3, 0.4) is 0 Å². The first-order valence-corrected chi connectivity index (χ1v) is 9.29. The van der Waals surface area contributed by atoms with Crippen LogP contribution in [0.1, 0.15) is 52.4 Å². The zero-order chi connectivity index (χ0) is 14.6. The molecular formula is C15H29N3OS. The van der Waals surface area contributed by atoms with E-state index >= 15 is 0 Å². The Hall–Kier alpha value is -0.580. The van der Waals surface area contributed by atoms with Gasteiger partial charge in [0.15, 0.2) is 5.96 Å². The van der Waals surface area contributed by atoms with Crippen molar-refractivity contribution in [1.29, 1.82) is 0 Å². The van der Waals surface area contributed by atoms with Crippen molar-refractivity contribution < 1.29 is 4.21 Å². The van der Waals surface area contributed by atoms with E-state index in [-0.39, 0.29) is 0 Å². The summed E-state index contributed by atoms with van der Waals surface area (Å²) in [6, 6.07) is 0.419. The van der Waals surface area contributed by atoms with Gasteiger partial charge in [-0.05, 0) is 37.5 Å². The Morgan fingerprint density at radius 1 is 1.40 bits per heavy atom. The molecule has 116 valence electrons. The van der Waals surface area contributed by atoms with Crippen LogP contribution in [0.15, 0.2) is 4.99 Å². The van der Waals surface area contributed by atoms with Crippen molar-refractivity contribution in [2.24, 2.45) is 10.4 Å². The molecule has 0 spiro atoms. The lowest BCUT2D eigenvalue weighted by molar-refractivity contribution is 0.411. The Balaban J connectivity index is 1.79. The number of hydrogen-bond donors (Lipinski definition) is 2. The molecule has 2 N–H and O–H groups in total. The van der Waals surface area contributed by atoms with E-state index in [1.807, 2.05) is 14.0 Å². The van der Waals surface area contributed by atoms with Crippen LogP contribution in [0.2, 0.25) is 0 Å². The summed E-state index contributed by atoms with van der Waals surface area (Å²) in [6.45, 7) is 5.34. The van der Waals surface area contributed by atoms with E-state index < -0.39 is 10.8 Å². The van der Waals surface area contributed by atoms with Crippen molar-refractivity contribution >= 4 is 16.8 Å². The number of rotatable bonds is 5.